The number of fused-ring (bicyclic) bond motifs is 1. The molecule has 0 amide bonds. The highest BCUT2D eigenvalue weighted by molar-refractivity contribution is 7.46. The average Bonchev–Trinajstić information content (AvgIpc) is 2.89. The minimum Gasteiger partial charge on any atom is -0.508 e. The molecule has 0 saturated carbocycles. The van der Waals surface area contributed by atoms with Gasteiger partial charge in [0, 0.05) is 17.2 Å². The summed E-state index contributed by atoms with van der Waals surface area (Å²) in [5.41, 5.74) is 2.17. The number of benzene rings is 2. The van der Waals surface area contributed by atoms with Crippen molar-refractivity contribution in [3.63, 3.8) is 0 Å². The molecule has 0 aliphatic carbocycles. The summed E-state index contributed by atoms with van der Waals surface area (Å²) < 4.78 is 20.9. The lowest BCUT2D eigenvalue weighted by atomic mass is 10.2. The monoisotopic (exact) mass is 333 g/mol. The first-order chi connectivity index (χ1) is 10.9. The molecule has 0 unspecified atom stereocenters. The van der Waals surface area contributed by atoms with Crippen LogP contribution in [-0.2, 0) is 4.57 Å². The van der Waals surface area contributed by atoms with Crippen LogP contribution in [0.4, 0.5) is 0 Å². The Balaban J connectivity index is 2.00. The van der Waals surface area contributed by atoms with Crippen molar-refractivity contribution in [1.82, 2.24) is 4.98 Å². The number of hydrogen-bond acceptors (Lipinski definition) is 5. The normalized spacial score (nSPS) is 11.6. The van der Waals surface area contributed by atoms with Crippen molar-refractivity contribution in [2.45, 2.75) is 0 Å². The summed E-state index contributed by atoms with van der Waals surface area (Å²) in [7, 11) is -4.59. The predicted octanol–water partition coefficient (Wildman–Crippen LogP) is 3.31. The van der Waals surface area contributed by atoms with E-state index in [2.05, 4.69) is 16.1 Å². The number of phosphoric acid groups is 1. The van der Waals surface area contributed by atoms with Gasteiger partial charge in [-0.2, -0.15) is 0 Å². The van der Waals surface area contributed by atoms with E-state index in [0.29, 0.717) is 28.1 Å². The highest BCUT2D eigenvalue weighted by Crippen LogP contribution is 2.38. The third-order valence-electron chi connectivity index (χ3n) is 3.05. The van der Waals surface area contributed by atoms with Gasteiger partial charge in [0.05, 0.1) is 0 Å². The minimum atomic E-state index is -4.59. The molecule has 0 spiro atoms. The Morgan fingerprint density at radius 1 is 1.22 bits per heavy atom. The van der Waals surface area contributed by atoms with Crippen LogP contribution in [0.5, 0.6) is 11.5 Å². The maximum absolute atomic E-state index is 10.8. The van der Waals surface area contributed by atoms with Crippen molar-refractivity contribution in [3.8, 4) is 23.0 Å². The lowest BCUT2D eigenvalue weighted by molar-refractivity contribution is 0.283. The molecule has 118 valence electrons. The second-order valence-corrected chi connectivity index (χ2v) is 5.88. The van der Waals surface area contributed by atoms with E-state index in [-0.39, 0.29) is 11.5 Å². The molecule has 0 saturated heterocycles. The van der Waals surface area contributed by atoms with E-state index in [9.17, 15) is 9.67 Å². The Bertz CT molecular complexity index is 925. The van der Waals surface area contributed by atoms with Gasteiger partial charge in [0.2, 0.25) is 5.89 Å². The molecule has 7 nitrogen and oxygen atoms in total. The summed E-state index contributed by atoms with van der Waals surface area (Å²) in [4.78, 5) is 21.8. The Labute approximate surface area is 130 Å². The van der Waals surface area contributed by atoms with Gasteiger partial charge in [-0.15, -0.1) is 0 Å². The molecule has 1 aromatic heterocycles. The molecule has 8 heteroatoms. The number of aromatic nitrogens is 1. The number of phenolic OH excluding ortho intramolecular Hbond substituents is 1. The standard InChI is InChI=1S/C15H12NO6P/c1-2-9-7-11(17)8-13-14(9)21-15(16-13)10-3-5-12(6-4-10)22-23(18,19)20/h2-8,17H,1H2,(H2,18,19,20). The van der Waals surface area contributed by atoms with Gasteiger partial charge >= 0.3 is 7.82 Å². The molecule has 3 N–H and O–H groups in total. The molecule has 0 fully saturated rings. The van der Waals surface area contributed by atoms with Gasteiger partial charge in [-0.25, -0.2) is 9.55 Å². The average molecular weight is 333 g/mol. The lowest BCUT2D eigenvalue weighted by Gasteiger charge is -2.06. The molecule has 23 heavy (non-hydrogen) atoms. The van der Waals surface area contributed by atoms with Gasteiger partial charge in [0.25, 0.3) is 0 Å². The van der Waals surface area contributed by atoms with Crippen molar-refractivity contribution in [1.29, 1.82) is 0 Å². The van der Waals surface area contributed by atoms with E-state index in [1.807, 2.05) is 0 Å². The third kappa shape index (κ3) is 3.27. The molecule has 0 aliphatic heterocycles. The fourth-order valence-corrected chi connectivity index (χ4v) is 2.51. The third-order valence-corrected chi connectivity index (χ3v) is 3.50. The highest BCUT2D eigenvalue weighted by Gasteiger charge is 2.16. The molecular formula is C15H12NO6P. The Hall–Kier alpha value is -2.60. The van der Waals surface area contributed by atoms with Crippen LogP contribution in [0, 0.1) is 0 Å². The quantitative estimate of drug-likeness (QED) is 0.628. The van der Waals surface area contributed by atoms with Crippen molar-refractivity contribution in [2.24, 2.45) is 0 Å². The molecule has 1 heterocycles. The fourth-order valence-electron chi connectivity index (χ4n) is 2.11. The van der Waals surface area contributed by atoms with Gasteiger partial charge in [0.15, 0.2) is 5.58 Å². The smallest absolute Gasteiger partial charge is 0.508 e. The van der Waals surface area contributed by atoms with Crippen LogP contribution in [0.3, 0.4) is 0 Å². The molecular weight excluding hydrogens is 321 g/mol. The first-order valence-electron chi connectivity index (χ1n) is 6.47. The molecule has 0 atom stereocenters. The summed E-state index contributed by atoms with van der Waals surface area (Å²) in [6.45, 7) is 3.66. The fraction of sp³-hybridized carbons (Fsp3) is 0. The molecule has 2 aromatic carbocycles. The Morgan fingerprint density at radius 3 is 2.52 bits per heavy atom. The number of phosphoric ester groups is 1. The first-order valence-corrected chi connectivity index (χ1v) is 8.00. The van der Waals surface area contributed by atoms with Crippen molar-refractivity contribution < 1.29 is 28.4 Å². The van der Waals surface area contributed by atoms with Gasteiger partial charge in [-0.05, 0) is 30.3 Å². The predicted molar refractivity (Wildman–Crippen MR) is 83.9 cm³/mol. The van der Waals surface area contributed by atoms with E-state index < -0.39 is 7.82 Å². The van der Waals surface area contributed by atoms with E-state index in [1.54, 1.807) is 18.2 Å². The number of aromatic hydroxyl groups is 1. The van der Waals surface area contributed by atoms with Crippen LogP contribution in [0.1, 0.15) is 5.56 Å². The second-order valence-electron chi connectivity index (χ2n) is 4.71. The van der Waals surface area contributed by atoms with E-state index in [1.165, 1.54) is 24.3 Å². The molecule has 3 aromatic rings. The van der Waals surface area contributed by atoms with Gasteiger partial charge in [0.1, 0.15) is 17.0 Å². The molecule has 3 rings (SSSR count). The lowest BCUT2D eigenvalue weighted by Crippen LogP contribution is -1.89. The molecule has 0 radical (unpaired) electrons. The van der Waals surface area contributed by atoms with Crippen LogP contribution in [0.15, 0.2) is 47.4 Å². The van der Waals surface area contributed by atoms with Crippen LogP contribution in [0.2, 0.25) is 0 Å². The first kappa shape index (κ1) is 15.3. The second kappa shape index (κ2) is 5.55. The SMILES string of the molecule is C=Cc1cc(O)cc2nc(-c3ccc(OP(=O)(O)O)cc3)oc12. The molecule has 0 aliphatic rings. The van der Waals surface area contributed by atoms with Gasteiger partial charge in [-0.1, -0.05) is 12.7 Å². The number of phenols is 1. The van der Waals surface area contributed by atoms with E-state index in [0.717, 1.165) is 0 Å². The Kier molecular flexibility index (Phi) is 3.69. The van der Waals surface area contributed by atoms with Crippen molar-refractivity contribution in [3.05, 3.63) is 48.5 Å². The maximum Gasteiger partial charge on any atom is 0.524 e. The summed E-state index contributed by atoms with van der Waals surface area (Å²) in [5, 5.41) is 9.65. The topological polar surface area (TPSA) is 113 Å². The highest BCUT2D eigenvalue weighted by atomic mass is 31.2. The summed E-state index contributed by atoms with van der Waals surface area (Å²) in [5.74, 6) is 0.386. The Morgan fingerprint density at radius 2 is 1.91 bits per heavy atom. The van der Waals surface area contributed by atoms with Crippen LogP contribution in [0.25, 0.3) is 28.6 Å². The van der Waals surface area contributed by atoms with Crippen LogP contribution < -0.4 is 4.52 Å². The number of hydrogen-bond donors (Lipinski definition) is 3. The van der Waals surface area contributed by atoms with E-state index in [4.69, 9.17) is 14.2 Å². The molecule has 0 bridgehead atoms. The number of nitrogens with zero attached hydrogens (tertiary/aromatic N) is 1. The largest absolute Gasteiger partial charge is 0.524 e. The zero-order chi connectivity index (χ0) is 16.6. The minimum absolute atomic E-state index is 0.0302. The van der Waals surface area contributed by atoms with Crippen LogP contribution >= 0.6 is 7.82 Å². The van der Waals surface area contributed by atoms with E-state index >= 15 is 0 Å². The zero-order valence-electron chi connectivity index (χ0n) is 11.7. The van der Waals surface area contributed by atoms with Crippen molar-refractivity contribution in [2.75, 3.05) is 0 Å². The summed E-state index contributed by atoms with van der Waals surface area (Å²) in [6.07, 6.45) is 1.55. The zero-order valence-corrected chi connectivity index (χ0v) is 12.6. The van der Waals surface area contributed by atoms with Gasteiger partial charge in [-0.3, -0.25) is 9.79 Å². The van der Waals surface area contributed by atoms with Crippen molar-refractivity contribution >= 4 is 25.0 Å². The summed E-state index contributed by atoms with van der Waals surface area (Å²) in [6, 6.07) is 8.90. The maximum atomic E-state index is 10.8. The van der Waals surface area contributed by atoms with Crippen LogP contribution in [-0.4, -0.2) is 19.9 Å². The number of oxazole rings is 1. The number of rotatable bonds is 4. The summed E-state index contributed by atoms with van der Waals surface area (Å²) >= 11 is 0. The van der Waals surface area contributed by atoms with Gasteiger partial charge < -0.3 is 14.0 Å².